The monoisotopic (exact) mass is 343 g/mol. The Kier molecular flexibility index (Phi) is 7.23. The first-order valence-electron chi connectivity index (χ1n) is 7.54. The summed E-state index contributed by atoms with van der Waals surface area (Å²) in [6, 6.07) is 15.4. The number of rotatable bonds is 8. The van der Waals surface area contributed by atoms with Crippen molar-refractivity contribution in [2.45, 2.75) is 0 Å². The van der Waals surface area contributed by atoms with Gasteiger partial charge in [-0.3, -0.25) is 4.79 Å². The lowest BCUT2D eigenvalue weighted by Gasteiger charge is -2.11. The van der Waals surface area contributed by atoms with Gasteiger partial charge in [-0.05, 0) is 17.7 Å². The second-order valence-electron chi connectivity index (χ2n) is 4.94. The summed E-state index contributed by atoms with van der Waals surface area (Å²) in [5, 5.41) is 2.86. The Bertz CT molecular complexity index is 686. The zero-order valence-corrected chi connectivity index (χ0v) is 14.6. The van der Waals surface area contributed by atoms with Gasteiger partial charge in [-0.1, -0.05) is 42.5 Å². The highest BCUT2D eigenvalue weighted by molar-refractivity contribution is 8.00. The number of hydrogen-bond acceptors (Lipinski definition) is 4. The molecule has 0 spiro atoms. The third-order valence-electron chi connectivity index (χ3n) is 3.24. The zero-order chi connectivity index (χ0) is 17.2. The first-order valence-corrected chi connectivity index (χ1v) is 8.69. The Morgan fingerprint density at radius 3 is 2.62 bits per heavy atom. The van der Waals surface area contributed by atoms with Crippen molar-refractivity contribution in [3.05, 3.63) is 60.2 Å². The third kappa shape index (κ3) is 5.66. The number of hydrogen-bond donors (Lipinski definition) is 1. The lowest BCUT2D eigenvalue weighted by Crippen LogP contribution is -2.14. The van der Waals surface area contributed by atoms with Gasteiger partial charge in [0.05, 0.1) is 25.7 Å². The minimum atomic E-state index is -0.0587. The number of anilines is 1. The predicted octanol–water partition coefficient (Wildman–Crippen LogP) is 4.09. The number of carbonyl (C=O) groups is 1. The Balaban J connectivity index is 1.78. The molecule has 24 heavy (non-hydrogen) atoms. The maximum atomic E-state index is 12.0. The van der Waals surface area contributed by atoms with Crippen LogP contribution in [-0.4, -0.2) is 31.6 Å². The standard InChI is InChI=1S/C19H21NO3S/c1-22-16-10-11-17(18(13-16)23-2)20-19(21)14-24-12-6-9-15-7-4-3-5-8-15/h3-11,13H,12,14H2,1-2H3,(H,20,21)/b9-6+. The Hall–Kier alpha value is -2.40. The van der Waals surface area contributed by atoms with Gasteiger partial charge in [0.25, 0.3) is 0 Å². The van der Waals surface area contributed by atoms with Gasteiger partial charge in [0, 0.05) is 11.8 Å². The van der Waals surface area contributed by atoms with E-state index >= 15 is 0 Å². The first-order chi connectivity index (χ1) is 11.7. The van der Waals surface area contributed by atoms with E-state index in [1.165, 1.54) is 0 Å². The van der Waals surface area contributed by atoms with Crippen LogP contribution in [0.3, 0.4) is 0 Å². The molecule has 2 rings (SSSR count). The molecule has 0 heterocycles. The van der Waals surface area contributed by atoms with Crippen LogP contribution in [0.2, 0.25) is 0 Å². The number of carbonyl (C=O) groups excluding carboxylic acids is 1. The molecule has 0 saturated heterocycles. The van der Waals surface area contributed by atoms with Crippen molar-refractivity contribution in [3.63, 3.8) is 0 Å². The molecule has 126 valence electrons. The second-order valence-corrected chi connectivity index (χ2v) is 5.97. The lowest BCUT2D eigenvalue weighted by molar-refractivity contribution is -0.113. The Morgan fingerprint density at radius 1 is 1.12 bits per heavy atom. The fourth-order valence-electron chi connectivity index (χ4n) is 2.06. The minimum Gasteiger partial charge on any atom is -0.497 e. The maximum Gasteiger partial charge on any atom is 0.234 e. The van der Waals surface area contributed by atoms with Gasteiger partial charge in [-0.15, -0.1) is 11.8 Å². The van der Waals surface area contributed by atoms with Crippen LogP contribution in [0.25, 0.3) is 6.08 Å². The molecular formula is C19H21NO3S. The normalized spacial score (nSPS) is 10.6. The highest BCUT2D eigenvalue weighted by atomic mass is 32.2. The molecule has 0 aliphatic heterocycles. The van der Waals surface area contributed by atoms with Gasteiger partial charge in [0.2, 0.25) is 5.91 Å². The van der Waals surface area contributed by atoms with E-state index in [9.17, 15) is 4.79 Å². The molecule has 0 unspecified atom stereocenters. The molecule has 0 atom stereocenters. The molecule has 4 nitrogen and oxygen atoms in total. The highest BCUT2D eigenvalue weighted by Crippen LogP contribution is 2.29. The van der Waals surface area contributed by atoms with Crippen molar-refractivity contribution in [2.24, 2.45) is 0 Å². The van der Waals surface area contributed by atoms with Crippen LogP contribution >= 0.6 is 11.8 Å². The summed E-state index contributed by atoms with van der Waals surface area (Å²) < 4.78 is 10.4. The van der Waals surface area contributed by atoms with Gasteiger partial charge in [-0.2, -0.15) is 0 Å². The predicted molar refractivity (Wildman–Crippen MR) is 101 cm³/mol. The van der Waals surface area contributed by atoms with Crippen LogP contribution in [0.4, 0.5) is 5.69 Å². The van der Waals surface area contributed by atoms with Gasteiger partial charge >= 0.3 is 0 Å². The minimum absolute atomic E-state index is 0.0587. The van der Waals surface area contributed by atoms with Crippen LogP contribution in [0, 0.1) is 0 Å². The number of amides is 1. The molecule has 0 aromatic heterocycles. The van der Waals surface area contributed by atoms with Gasteiger partial charge < -0.3 is 14.8 Å². The Morgan fingerprint density at radius 2 is 1.92 bits per heavy atom. The van der Waals surface area contributed by atoms with Gasteiger partial charge in [0.1, 0.15) is 11.5 Å². The number of ether oxygens (including phenoxy) is 2. The fourth-order valence-corrected chi connectivity index (χ4v) is 2.66. The van der Waals surface area contributed by atoms with Crippen molar-refractivity contribution >= 4 is 29.4 Å². The molecule has 0 fully saturated rings. The number of methoxy groups -OCH3 is 2. The molecule has 2 aromatic carbocycles. The van der Waals surface area contributed by atoms with Gasteiger partial charge in [0.15, 0.2) is 0 Å². The Labute approximate surface area is 146 Å². The van der Waals surface area contributed by atoms with E-state index in [-0.39, 0.29) is 5.91 Å². The van der Waals surface area contributed by atoms with E-state index in [1.54, 1.807) is 44.2 Å². The maximum absolute atomic E-state index is 12.0. The molecule has 2 aromatic rings. The molecule has 0 aliphatic carbocycles. The van der Waals surface area contributed by atoms with E-state index < -0.39 is 0 Å². The summed E-state index contributed by atoms with van der Waals surface area (Å²) in [4.78, 5) is 12.0. The SMILES string of the molecule is COc1ccc(NC(=O)CSC/C=C/c2ccccc2)c(OC)c1. The molecule has 0 aliphatic rings. The molecule has 1 amide bonds. The van der Waals surface area contributed by atoms with E-state index in [0.29, 0.717) is 22.9 Å². The van der Waals surface area contributed by atoms with E-state index in [0.717, 1.165) is 11.3 Å². The number of thioether (sulfide) groups is 1. The third-order valence-corrected chi connectivity index (χ3v) is 4.13. The fraction of sp³-hybridized carbons (Fsp3) is 0.211. The summed E-state index contributed by atoms with van der Waals surface area (Å²) in [6.07, 6.45) is 4.11. The van der Waals surface area contributed by atoms with Crippen molar-refractivity contribution in [1.29, 1.82) is 0 Å². The van der Waals surface area contributed by atoms with Crippen LogP contribution in [0.5, 0.6) is 11.5 Å². The van der Waals surface area contributed by atoms with Crippen LogP contribution in [0.15, 0.2) is 54.6 Å². The largest absolute Gasteiger partial charge is 0.497 e. The molecular weight excluding hydrogens is 322 g/mol. The average Bonchev–Trinajstić information content (AvgIpc) is 2.62. The van der Waals surface area contributed by atoms with Crippen LogP contribution in [-0.2, 0) is 4.79 Å². The summed E-state index contributed by atoms with van der Waals surface area (Å²) >= 11 is 1.56. The summed E-state index contributed by atoms with van der Waals surface area (Å²) in [6.45, 7) is 0. The van der Waals surface area contributed by atoms with Crippen LogP contribution < -0.4 is 14.8 Å². The quantitative estimate of drug-likeness (QED) is 0.734. The van der Waals surface area contributed by atoms with Crippen molar-refractivity contribution in [1.82, 2.24) is 0 Å². The molecule has 0 bridgehead atoms. The number of benzene rings is 2. The van der Waals surface area contributed by atoms with E-state index in [2.05, 4.69) is 17.5 Å². The van der Waals surface area contributed by atoms with Crippen molar-refractivity contribution < 1.29 is 14.3 Å². The first kappa shape index (κ1) is 17.9. The average molecular weight is 343 g/mol. The van der Waals surface area contributed by atoms with Crippen molar-refractivity contribution in [2.75, 3.05) is 31.0 Å². The second kappa shape index (κ2) is 9.67. The summed E-state index contributed by atoms with van der Waals surface area (Å²) in [5.41, 5.74) is 1.80. The molecule has 1 N–H and O–H groups in total. The summed E-state index contributed by atoms with van der Waals surface area (Å²) in [5.74, 6) is 2.37. The lowest BCUT2D eigenvalue weighted by atomic mass is 10.2. The highest BCUT2D eigenvalue weighted by Gasteiger charge is 2.08. The van der Waals surface area contributed by atoms with Crippen molar-refractivity contribution in [3.8, 4) is 11.5 Å². The molecule has 5 heteroatoms. The van der Waals surface area contributed by atoms with Gasteiger partial charge in [-0.25, -0.2) is 0 Å². The zero-order valence-electron chi connectivity index (χ0n) is 13.8. The smallest absolute Gasteiger partial charge is 0.234 e. The van der Waals surface area contributed by atoms with E-state index in [4.69, 9.17) is 9.47 Å². The number of nitrogens with one attached hydrogen (secondary N) is 1. The van der Waals surface area contributed by atoms with Crippen LogP contribution in [0.1, 0.15) is 5.56 Å². The molecule has 0 saturated carbocycles. The summed E-state index contributed by atoms with van der Waals surface area (Å²) in [7, 11) is 3.15. The topological polar surface area (TPSA) is 47.6 Å². The van der Waals surface area contributed by atoms with E-state index in [1.807, 2.05) is 30.3 Å². The molecule has 0 radical (unpaired) electrons.